The summed E-state index contributed by atoms with van der Waals surface area (Å²) in [4.78, 5) is 15.7. The monoisotopic (exact) mass is 462 g/mol. The molecule has 0 fully saturated rings. The van der Waals surface area contributed by atoms with Gasteiger partial charge in [-0.2, -0.15) is 0 Å². The van der Waals surface area contributed by atoms with Gasteiger partial charge in [0.1, 0.15) is 0 Å². The SMILES string of the molecule is C=C(/C=C\N=C1C=C(Cl)C=CC1)NCCNCCN(Cc1ccccn1)Cc1ccccn1. The highest BCUT2D eigenvalue weighted by molar-refractivity contribution is 6.33. The Balaban J connectivity index is 1.35. The number of aliphatic imine (C=N–C) groups is 1. The molecule has 2 heterocycles. The predicted octanol–water partition coefficient (Wildman–Crippen LogP) is 4.21. The molecular weight excluding hydrogens is 432 g/mol. The molecule has 0 bridgehead atoms. The third-order valence-corrected chi connectivity index (χ3v) is 5.14. The molecule has 0 amide bonds. The summed E-state index contributed by atoms with van der Waals surface area (Å²) in [6, 6.07) is 12.0. The van der Waals surface area contributed by atoms with E-state index in [9.17, 15) is 0 Å². The van der Waals surface area contributed by atoms with E-state index in [2.05, 4.69) is 49.2 Å². The van der Waals surface area contributed by atoms with Crippen LogP contribution in [0.1, 0.15) is 17.8 Å². The van der Waals surface area contributed by atoms with Gasteiger partial charge in [-0.05, 0) is 42.5 Å². The molecule has 33 heavy (non-hydrogen) atoms. The molecule has 0 unspecified atom stereocenters. The normalized spacial score (nSPS) is 14.7. The molecule has 2 aromatic rings. The third kappa shape index (κ3) is 9.95. The molecule has 0 spiro atoms. The van der Waals surface area contributed by atoms with Crippen molar-refractivity contribution in [3.8, 4) is 0 Å². The van der Waals surface area contributed by atoms with Crippen LogP contribution < -0.4 is 10.6 Å². The quantitative estimate of drug-likeness (QED) is 0.345. The molecule has 0 saturated heterocycles. The Morgan fingerprint density at radius 2 is 1.79 bits per heavy atom. The second-order valence-electron chi connectivity index (χ2n) is 7.63. The molecule has 0 radical (unpaired) electrons. The Hall–Kier alpha value is -3.06. The van der Waals surface area contributed by atoms with Crippen LogP contribution in [0.2, 0.25) is 0 Å². The first-order valence-electron chi connectivity index (χ1n) is 11.1. The molecule has 0 aliphatic heterocycles. The smallest absolute Gasteiger partial charge is 0.0544 e. The first-order valence-corrected chi connectivity index (χ1v) is 11.5. The molecule has 7 heteroatoms. The Labute approximate surface area is 201 Å². The predicted molar refractivity (Wildman–Crippen MR) is 137 cm³/mol. The van der Waals surface area contributed by atoms with E-state index in [1.54, 1.807) is 6.20 Å². The van der Waals surface area contributed by atoms with Crippen molar-refractivity contribution in [2.24, 2.45) is 4.99 Å². The second kappa shape index (κ2) is 14.2. The highest BCUT2D eigenvalue weighted by Crippen LogP contribution is 2.11. The van der Waals surface area contributed by atoms with E-state index in [0.717, 1.165) is 68.5 Å². The zero-order chi connectivity index (χ0) is 23.1. The molecule has 3 rings (SSSR count). The molecule has 0 atom stereocenters. The molecule has 1 aliphatic rings. The minimum Gasteiger partial charge on any atom is -0.384 e. The van der Waals surface area contributed by atoms with Crippen LogP contribution in [-0.2, 0) is 13.1 Å². The number of hydrogen-bond donors (Lipinski definition) is 2. The number of halogens is 1. The maximum Gasteiger partial charge on any atom is 0.0544 e. The van der Waals surface area contributed by atoms with Gasteiger partial charge in [0.15, 0.2) is 0 Å². The second-order valence-corrected chi connectivity index (χ2v) is 8.06. The summed E-state index contributed by atoms with van der Waals surface area (Å²) >= 11 is 5.99. The van der Waals surface area contributed by atoms with E-state index in [4.69, 9.17) is 11.6 Å². The van der Waals surface area contributed by atoms with Gasteiger partial charge in [0.2, 0.25) is 0 Å². The number of hydrogen-bond acceptors (Lipinski definition) is 6. The van der Waals surface area contributed by atoms with E-state index in [1.165, 1.54) is 0 Å². The average molecular weight is 463 g/mol. The largest absolute Gasteiger partial charge is 0.384 e. The summed E-state index contributed by atoms with van der Waals surface area (Å²) in [5, 5.41) is 7.49. The van der Waals surface area contributed by atoms with Crippen molar-refractivity contribution in [2.75, 3.05) is 26.2 Å². The van der Waals surface area contributed by atoms with Gasteiger partial charge >= 0.3 is 0 Å². The zero-order valence-corrected chi connectivity index (χ0v) is 19.6. The van der Waals surface area contributed by atoms with Crippen LogP contribution in [-0.4, -0.2) is 46.8 Å². The standard InChI is InChI=1S/C26H31ClN6/c1-22(11-14-32-24-10-6-7-23(27)19-24)29-16-15-28-17-18-33(20-25-8-2-4-12-30-25)21-26-9-3-5-13-31-26/h2-9,11-14,19,28-29H,1,10,15-18,20-21H2/b14-11-,32-24?. The lowest BCUT2D eigenvalue weighted by atomic mass is 10.1. The fourth-order valence-corrected chi connectivity index (χ4v) is 3.47. The van der Waals surface area contributed by atoms with Crippen LogP contribution in [0, 0.1) is 0 Å². The minimum absolute atomic E-state index is 0.704. The van der Waals surface area contributed by atoms with Crippen LogP contribution in [0.25, 0.3) is 0 Å². The van der Waals surface area contributed by atoms with Gasteiger partial charge in [-0.1, -0.05) is 36.4 Å². The summed E-state index contributed by atoms with van der Waals surface area (Å²) in [5.41, 5.74) is 3.89. The average Bonchev–Trinajstić information content (AvgIpc) is 2.82. The van der Waals surface area contributed by atoms with Crippen molar-refractivity contribution in [1.82, 2.24) is 25.5 Å². The molecule has 0 aromatic carbocycles. The van der Waals surface area contributed by atoms with Crippen LogP contribution in [0.3, 0.4) is 0 Å². The summed E-state index contributed by atoms with van der Waals surface area (Å²) in [7, 11) is 0. The maximum absolute atomic E-state index is 5.99. The van der Waals surface area contributed by atoms with Crippen molar-refractivity contribution in [1.29, 1.82) is 0 Å². The van der Waals surface area contributed by atoms with Gasteiger partial charge in [0.05, 0.1) is 11.4 Å². The molecular formula is C26H31ClN6. The van der Waals surface area contributed by atoms with E-state index >= 15 is 0 Å². The maximum atomic E-state index is 5.99. The lowest BCUT2D eigenvalue weighted by Crippen LogP contribution is -2.34. The summed E-state index contributed by atoms with van der Waals surface area (Å²) in [6.45, 7) is 9.00. The highest BCUT2D eigenvalue weighted by atomic mass is 35.5. The van der Waals surface area contributed by atoms with Gasteiger partial charge in [-0.15, -0.1) is 0 Å². The number of rotatable bonds is 13. The molecule has 6 nitrogen and oxygen atoms in total. The minimum atomic E-state index is 0.704. The molecule has 1 aliphatic carbocycles. The van der Waals surface area contributed by atoms with Crippen LogP contribution in [0.4, 0.5) is 0 Å². The van der Waals surface area contributed by atoms with Gasteiger partial charge in [0, 0.05) is 80.7 Å². The zero-order valence-electron chi connectivity index (χ0n) is 18.8. The van der Waals surface area contributed by atoms with Crippen molar-refractivity contribution >= 4 is 17.3 Å². The Bertz CT molecular complexity index is 941. The van der Waals surface area contributed by atoms with Crippen molar-refractivity contribution < 1.29 is 0 Å². The number of allylic oxidation sites excluding steroid dienone is 5. The van der Waals surface area contributed by atoms with Gasteiger partial charge in [-0.3, -0.25) is 19.9 Å². The molecule has 2 aromatic heterocycles. The Morgan fingerprint density at radius 3 is 2.42 bits per heavy atom. The van der Waals surface area contributed by atoms with Crippen molar-refractivity contribution in [3.05, 3.63) is 108 Å². The Morgan fingerprint density at radius 1 is 1.06 bits per heavy atom. The summed E-state index contributed by atoms with van der Waals surface area (Å²) < 4.78 is 0. The molecule has 172 valence electrons. The fourth-order valence-electron chi connectivity index (χ4n) is 3.26. The topological polar surface area (TPSA) is 65.4 Å². The van der Waals surface area contributed by atoms with Crippen LogP contribution in [0.15, 0.2) is 102 Å². The number of aromatic nitrogens is 2. The number of nitrogens with zero attached hydrogens (tertiary/aromatic N) is 4. The number of nitrogens with one attached hydrogen (secondary N) is 2. The lowest BCUT2D eigenvalue weighted by molar-refractivity contribution is 0.251. The van der Waals surface area contributed by atoms with Crippen molar-refractivity contribution in [2.45, 2.75) is 19.5 Å². The first kappa shape index (κ1) is 24.6. The van der Waals surface area contributed by atoms with E-state index < -0.39 is 0 Å². The highest BCUT2D eigenvalue weighted by Gasteiger charge is 2.08. The van der Waals surface area contributed by atoms with Gasteiger partial charge in [0.25, 0.3) is 0 Å². The lowest BCUT2D eigenvalue weighted by Gasteiger charge is -2.22. The number of pyridine rings is 2. The van der Waals surface area contributed by atoms with E-state index in [0.29, 0.717) is 5.03 Å². The summed E-state index contributed by atoms with van der Waals surface area (Å²) in [5.74, 6) is 0. The van der Waals surface area contributed by atoms with Gasteiger partial charge in [-0.25, -0.2) is 0 Å². The summed E-state index contributed by atoms with van der Waals surface area (Å²) in [6.07, 6.45) is 13.8. The van der Waals surface area contributed by atoms with Crippen LogP contribution >= 0.6 is 11.6 Å². The molecule has 2 N–H and O–H groups in total. The van der Waals surface area contributed by atoms with E-state index in [-0.39, 0.29) is 0 Å². The first-order chi connectivity index (χ1) is 16.2. The Kier molecular flexibility index (Phi) is 10.5. The third-order valence-electron chi connectivity index (χ3n) is 4.91. The van der Waals surface area contributed by atoms with Gasteiger partial charge < -0.3 is 10.6 Å². The fraction of sp³-hybridized carbons (Fsp3) is 0.269. The van der Waals surface area contributed by atoms with Crippen LogP contribution in [0.5, 0.6) is 0 Å². The molecule has 0 saturated carbocycles. The van der Waals surface area contributed by atoms with E-state index in [1.807, 2.05) is 61.0 Å². The van der Waals surface area contributed by atoms with Crippen molar-refractivity contribution in [3.63, 3.8) is 0 Å².